The van der Waals surface area contributed by atoms with Crippen molar-refractivity contribution in [3.63, 3.8) is 0 Å². The molecule has 0 saturated heterocycles. The van der Waals surface area contributed by atoms with E-state index in [1.54, 1.807) is 0 Å². The quantitative estimate of drug-likeness (QED) is 0.243. The van der Waals surface area contributed by atoms with Crippen molar-refractivity contribution < 1.29 is 0 Å². The van der Waals surface area contributed by atoms with E-state index in [2.05, 4.69) is 64.0 Å². The van der Waals surface area contributed by atoms with Crippen molar-refractivity contribution in [2.24, 2.45) is 0 Å². The Morgan fingerprint density at radius 2 is 1.54 bits per heavy atom. The maximum Gasteiger partial charge on any atom is 0.148 e. The van der Waals surface area contributed by atoms with Crippen LogP contribution in [0.25, 0.3) is 60.7 Å². The Kier molecular flexibility index (Phi) is 3.11. The van der Waals surface area contributed by atoms with Crippen molar-refractivity contribution in [3.8, 4) is 22.3 Å². The van der Waals surface area contributed by atoms with E-state index in [1.165, 1.54) is 55.3 Å². The van der Waals surface area contributed by atoms with Gasteiger partial charge in [-0.2, -0.15) is 0 Å². The average Bonchev–Trinajstić information content (AvgIpc) is 3.58. The molecular formula is C31H18N4. The van der Waals surface area contributed by atoms with Crippen LogP contribution in [0.1, 0.15) is 22.3 Å². The first-order valence-corrected chi connectivity index (χ1v) is 12.0. The van der Waals surface area contributed by atoms with Crippen LogP contribution < -0.4 is 0 Å². The summed E-state index contributed by atoms with van der Waals surface area (Å²) in [5.74, 6) is 0. The molecule has 0 N–H and O–H groups in total. The van der Waals surface area contributed by atoms with Crippen LogP contribution in [0.5, 0.6) is 0 Å². The second-order valence-electron chi connectivity index (χ2n) is 9.71. The van der Waals surface area contributed by atoms with Gasteiger partial charge in [0.05, 0.1) is 17.2 Å². The molecule has 4 heteroatoms. The molecule has 3 aromatic carbocycles. The number of hydrogen-bond donors (Lipinski definition) is 0. The van der Waals surface area contributed by atoms with E-state index in [4.69, 9.17) is 9.97 Å². The fraction of sp³-hybridized carbons (Fsp3) is 0.0645. The summed E-state index contributed by atoms with van der Waals surface area (Å²) in [6.07, 6.45) is 7.53. The van der Waals surface area contributed by atoms with Gasteiger partial charge in [0.15, 0.2) is 0 Å². The first-order chi connectivity index (χ1) is 17.3. The smallest absolute Gasteiger partial charge is 0.148 e. The van der Waals surface area contributed by atoms with Gasteiger partial charge in [-0.15, -0.1) is 0 Å². The first kappa shape index (κ1) is 17.8. The molecule has 0 amide bonds. The number of hydrogen-bond acceptors (Lipinski definition) is 3. The third-order valence-corrected chi connectivity index (χ3v) is 7.93. The number of fused-ring (bicyclic) bond motifs is 15. The predicted molar refractivity (Wildman–Crippen MR) is 140 cm³/mol. The van der Waals surface area contributed by atoms with Crippen LogP contribution in [0.15, 0.2) is 85.3 Å². The molecule has 0 aliphatic heterocycles. The lowest BCUT2D eigenvalue weighted by Gasteiger charge is -2.13. The molecule has 4 aromatic heterocycles. The predicted octanol–water partition coefficient (Wildman–Crippen LogP) is 6.73. The van der Waals surface area contributed by atoms with E-state index in [1.807, 2.05) is 30.7 Å². The van der Waals surface area contributed by atoms with Crippen molar-refractivity contribution >= 4 is 38.5 Å². The van der Waals surface area contributed by atoms with Gasteiger partial charge in [0.1, 0.15) is 11.3 Å². The highest BCUT2D eigenvalue weighted by Crippen LogP contribution is 2.48. The summed E-state index contributed by atoms with van der Waals surface area (Å²) in [6, 6.07) is 24.5. The zero-order valence-electron chi connectivity index (χ0n) is 18.8. The lowest BCUT2D eigenvalue weighted by Crippen LogP contribution is -1.96. The molecule has 7 aromatic rings. The van der Waals surface area contributed by atoms with E-state index in [0.29, 0.717) is 0 Å². The lowest BCUT2D eigenvalue weighted by atomic mass is 9.94. The van der Waals surface area contributed by atoms with Crippen LogP contribution in [0.2, 0.25) is 0 Å². The normalized spacial score (nSPS) is 13.5. The van der Waals surface area contributed by atoms with Gasteiger partial charge >= 0.3 is 0 Å². The number of pyridine rings is 3. The highest BCUT2D eigenvalue weighted by molar-refractivity contribution is 6.19. The van der Waals surface area contributed by atoms with E-state index in [0.717, 1.165) is 40.6 Å². The zero-order valence-corrected chi connectivity index (χ0v) is 18.8. The summed E-state index contributed by atoms with van der Waals surface area (Å²) in [6.45, 7) is 0. The monoisotopic (exact) mass is 446 g/mol. The molecule has 0 fully saturated rings. The van der Waals surface area contributed by atoms with Gasteiger partial charge in [0.2, 0.25) is 0 Å². The second-order valence-corrected chi connectivity index (χ2v) is 9.71. The molecule has 0 atom stereocenters. The molecular weight excluding hydrogens is 428 g/mol. The highest BCUT2D eigenvalue weighted by atomic mass is 15.1. The summed E-state index contributed by atoms with van der Waals surface area (Å²) in [7, 11) is 0. The summed E-state index contributed by atoms with van der Waals surface area (Å²) in [5.41, 5.74) is 14.9. The third kappa shape index (κ3) is 2.15. The third-order valence-electron chi connectivity index (χ3n) is 7.93. The van der Waals surface area contributed by atoms with Crippen LogP contribution in [-0.2, 0) is 12.8 Å². The molecule has 0 spiro atoms. The van der Waals surface area contributed by atoms with E-state index >= 15 is 0 Å². The van der Waals surface area contributed by atoms with Crippen LogP contribution in [0.4, 0.5) is 0 Å². The SMILES string of the molecule is c1ccc2c(c1)Cc1cc3c(cc1-2)Cc1ccc2c4cccnc4n4c5cnccc5nc4c2c1-3. The summed E-state index contributed by atoms with van der Waals surface area (Å²) in [4.78, 5) is 14.3. The molecule has 0 unspecified atom stereocenters. The van der Waals surface area contributed by atoms with Crippen molar-refractivity contribution in [1.82, 2.24) is 19.4 Å². The van der Waals surface area contributed by atoms with Crippen LogP contribution in [0.3, 0.4) is 0 Å². The second kappa shape index (κ2) is 6.10. The Balaban J connectivity index is 1.45. The Hall–Kier alpha value is -4.57. The molecule has 162 valence electrons. The average molecular weight is 447 g/mol. The Bertz CT molecular complexity index is 2070. The number of rotatable bonds is 0. The van der Waals surface area contributed by atoms with E-state index < -0.39 is 0 Å². The molecule has 4 nitrogen and oxygen atoms in total. The molecule has 0 bridgehead atoms. The highest BCUT2D eigenvalue weighted by Gasteiger charge is 2.28. The Morgan fingerprint density at radius 3 is 2.54 bits per heavy atom. The minimum atomic E-state index is 0.924. The van der Waals surface area contributed by atoms with Crippen LogP contribution in [0, 0.1) is 0 Å². The van der Waals surface area contributed by atoms with E-state index in [9.17, 15) is 0 Å². The molecule has 0 saturated carbocycles. The van der Waals surface area contributed by atoms with Crippen molar-refractivity contribution in [3.05, 3.63) is 108 Å². The number of benzene rings is 3. The minimum Gasteiger partial charge on any atom is -0.274 e. The van der Waals surface area contributed by atoms with Gasteiger partial charge < -0.3 is 0 Å². The summed E-state index contributed by atoms with van der Waals surface area (Å²) in [5, 5.41) is 3.57. The largest absolute Gasteiger partial charge is 0.274 e. The fourth-order valence-electron chi connectivity index (χ4n) is 6.46. The summed E-state index contributed by atoms with van der Waals surface area (Å²) >= 11 is 0. The number of imidazole rings is 1. The summed E-state index contributed by atoms with van der Waals surface area (Å²) < 4.78 is 2.20. The maximum atomic E-state index is 5.13. The van der Waals surface area contributed by atoms with Crippen molar-refractivity contribution in [2.75, 3.05) is 0 Å². The van der Waals surface area contributed by atoms with Gasteiger partial charge in [-0.3, -0.25) is 9.38 Å². The van der Waals surface area contributed by atoms with Crippen molar-refractivity contribution in [1.29, 1.82) is 0 Å². The van der Waals surface area contributed by atoms with Crippen molar-refractivity contribution in [2.45, 2.75) is 12.8 Å². The zero-order chi connectivity index (χ0) is 22.7. The molecule has 0 radical (unpaired) electrons. The van der Waals surface area contributed by atoms with Gasteiger partial charge in [-0.1, -0.05) is 36.4 Å². The van der Waals surface area contributed by atoms with Crippen LogP contribution in [-0.4, -0.2) is 19.4 Å². The maximum absolute atomic E-state index is 5.13. The molecule has 35 heavy (non-hydrogen) atoms. The standard InChI is InChI=1S/C31H18N4/c1-2-5-21-17(4-1)12-19-15-25-20(14-24(19)21)13-18-7-8-22-23-6-3-10-33-30(23)35-27-16-32-11-9-26(27)34-31(35)29(22)28(18)25/h1-11,14-16H,12-13H2. The molecule has 2 aliphatic rings. The first-order valence-electron chi connectivity index (χ1n) is 12.0. The topological polar surface area (TPSA) is 43.1 Å². The fourth-order valence-corrected chi connectivity index (χ4v) is 6.46. The Morgan fingerprint density at radius 1 is 0.657 bits per heavy atom. The Labute approximate surface area is 200 Å². The van der Waals surface area contributed by atoms with Gasteiger partial charge in [0, 0.05) is 23.2 Å². The van der Waals surface area contributed by atoms with E-state index in [-0.39, 0.29) is 0 Å². The van der Waals surface area contributed by atoms with Gasteiger partial charge in [-0.05, 0) is 93.1 Å². The molecule has 4 heterocycles. The van der Waals surface area contributed by atoms with Gasteiger partial charge in [0.25, 0.3) is 0 Å². The minimum absolute atomic E-state index is 0.924. The van der Waals surface area contributed by atoms with Gasteiger partial charge in [-0.25, -0.2) is 9.97 Å². The molecule has 9 rings (SSSR count). The lowest BCUT2D eigenvalue weighted by molar-refractivity contribution is 1.22. The van der Waals surface area contributed by atoms with Crippen LogP contribution >= 0.6 is 0 Å². The number of aromatic nitrogens is 4. The number of nitrogens with zero attached hydrogens (tertiary/aromatic N) is 4. The molecule has 2 aliphatic carbocycles.